The summed E-state index contributed by atoms with van der Waals surface area (Å²) < 4.78 is 27.5. The maximum atomic E-state index is 11.5. The molecule has 1 aromatic rings. The molecule has 0 atom stereocenters. The fourth-order valence-corrected chi connectivity index (χ4v) is 3.84. The van der Waals surface area contributed by atoms with Crippen molar-refractivity contribution in [2.24, 2.45) is 0 Å². The number of halogens is 1. The maximum absolute atomic E-state index is 11.5. The Hall–Kier alpha value is -0.140. The van der Waals surface area contributed by atoms with Crippen molar-refractivity contribution in [3.63, 3.8) is 0 Å². The van der Waals surface area contributed by atoms with Gasteiger partial charge in [-0.15, -0.1) is 0 Å². The fourth-order valence-electron chi connectivity index (χ4n) is 2.68. The second-order valence-electron chi connectivity index (χ2n) is 6.09. The van der Waals surface area contributed by atoms with Gasteiger partial charge in [0.2, 0.25) is 0 Å². The highest BCUT2D eigenvalue weighted by Crippen LogP contribution is 2.17. The number of unbranched alkanes of at least 4 members (excludes halogenated alkanes) is 9. The van der Waals surface area contributed by atoms with Gasteiger partial charge in [0.15, 0.2) is 0 Å². The Morgan fingerprint density at radius 3 is 1.78 bits per heavy atom. The van der Waals surface area contributed by atoms with Gasteiger partial charge >= 0.3 is 10.1 Å². The molecular weight excluding hydrogens is 423 g/mol. The average Bonchev–Trinajstić information content (AvgIpc) is 2.57. The third kappa shape index (κ3) is 9.05. The molecular formula is C18H29IO3S. The highest BCUT2D eigenvalue weighted by Gasteiger charge is 2.13. The Labute approximate surface area is 156 Å². The molecule has 0 radical (unpaired) electrons. The molecule has 23 heavy (non-hydrogen) atoms. The first kappa shape index (κ1) is 20.9. The molecule has 0 fully saturated rings. The van der Waals surface area contributed by atoms with Gasteiger partial charge in [0.1, 0.15) is 23.0 Å². The highest BCUT2D eigenvalue weighted by molar-refractivity contribution is 14.1. The standard InChI is InChI=1S/C18H29IO3S/c1-2-3-4-5-6-7-8-9-10-11-12-17-13-15-18(16-14-17)23(20,21)22-19/h13-16H,2-12H2,1H3. The van der Waals surface area contributed by atoms with Gasteiger partial charge in [0.25, 0.3) is 0 Å². The van der Waals surface area contributed by atoms with Crippen molar-refractivity contribution in [3.8, 4) is 0 Å². The lowest BCUT2D eigenvalue weighted by Gasteiger charge is -2.04. The molecule has 5 heteroatoms. The van der Waals surface area contributed by atoms with E-state index in [0.717, 1.165) is 6.42 Å². The van der Waals surface area contributed by atoms with Gasteiger partial charge in [-0.2, -0.15) is 10.9 Å². The van der Waals surface area contributed by atoms with Crippen LogP contribution in [0.2, 0.25) is 0 Å². The minimum atomic E-state index is -3.57. The van der Waals surface area contributed by atoms with Gasteiger partial charge in [-0.25, -0.2) is 0 Å². The molecule has 0 amide bonds. The predicted molar refractivity (Wildman–Crippen MR) is 104 cm³/mol. The Kier molecular flexibility index (Phi) is 11.1. The SMILES string of the molecule is CCCCCCCCCCCCc1ccc(S(=O)(=O)OI)cc1. The Bertz CT molecular complexity index is 512. The van der Waals surface area contributed by atoms with E-state index in [-0.39, 0.29) is 4.90 Å². The summed E-state index contributed by atoms with van der Waals surface area (Å²) in [6, 6.07) is 7.02. The zero-order chi connectivity index (χ0) is 17.0. The van der Waals surface area contributed by atoms with Gasteiger partial charge in [0.05, 0.1) is 4.90 Å². The van der Waals surface area contributed by atoms with E-state index in [4.69, 9.17) is 0 Å². The average molecular weight is 452 g/mol. The number of hydrogen-bond donors (Lipinski definition) is 0. The number of benzene rings is 1. The fraction of sp³-hybridized carbons (Fsp3) is 0.667. The van der Waals surface area contributed by atoms with Crippen LogP contribution in [0.4, 0.5) is 0 Å². The lowest BCUT2D eigenvalue weighted by Crippen LogP contribution is -1.99. The normalized spacial score (nSPS) is 11.7. The van der Waals surface area contributed by atoms with Crippen molar-refractivity contribution >= 4 is 33.1 Å². The summed E-state index contributed by atoms with van der Waals surface area (Å²) in [5, 5.41) is 0. The van der Waals surface area contributed by atoms with Crippen LogP contribution >= 0.6 is 23.0 Å². The summed E-state index contributed by atoms with van der Waals surface area (Å²) in [6.07, 6.45) is 14.3. The van der Waals surface area contributed by atoms with Crippen LogP contribution in [0.15, 0.2) is 29.2 Å². The van der Waals surface area contributed by atoms with Crippen molar-refractivity contribution < 1.29 is 10.9 Å². The van der Waals surface area contributed by atoms with Crippen LogP contribution in [0.3, 0.4) is 0 Å². The minimum absolute atomic E-state index is 0.221. The molecule has 0 heterocycles. The third-order valence-corrected chi connectivity index (χ3v) is 6.55. The summed E-state index contributed by atoms with van der Waals surface area (Å²) in [5.41, 5.74) is 1.19. The minimum Gasteiger partial charge on any atom is -0.195 e. The molecule has 0 unspecified atom stereocenters. The molecule has 0 N–H and O–H groups in total. The van der Waals surface area contributed by atoms with Crippen molar-refractivity contribution in [2.75, 3.05) is 0 Å². The molecule has 0 aliphatic carbocycles. The summed E-state index contributed by atoms with van der Waals surface area (Å²) in [6.45, 7) is 2.25. The molecule has 3 nitrogen and oxygen atoms in total. The molecule has 0 aliphatic rings. The van der Waals surface area contributed by atoms with Crippen molar-refractivity contribution in [2.45, 2.75) is 82.4 Å². The Morgan fingerprint density at radius 1 is 0.826 bits per heavy atom. The largest absolute Gasteiger partial charge is 0.306 e. The van der Waals surface area contributed by atoms with E-state index in [1.54, 1.807) is 12.1 Å². The second-order valence-corrected chi connectivity index (χ2v) is 8.68. The van der Waals surface area contributed by atoms with Gasteiger partial charge in [-0.3, -0.25) is 0 Å². The number of rotatable bonds is 13. The highest BCUT2D eigenvalue weighted by atomic mass is 127. The van der Waals surface area contributed by atoms with E-state index >= 15 is 0 Å². The van der Waals surface area contributed by atoms with Crippen LogP contribution in [-0.4, -0.2) is 8.42 Å². The molecule has 0 bridgehead atoms. The van der Waals surface area contributed by atoms with E-state index in [1.807, 2.05) is 12.1 Å². The molecule has 0 aromatic heterocycles. The van der Waals surface area contributed by atoms with Gasteiger partial charge in [0, 0.05) is 0 Å². The number of hydrogen-bond acceptors (Lipinski definition) is 3. The zero-order valence-electron chi connectivity index (χ0n) is 14.1. The first-order valence-corrected chi connectivity index (χ1v) is 11.0. The summed E-state index contributed by atoms with van der Waals surface area (Å²) in [5.74, 6) is 0. The quantitative estimate of drug-likeness (QED) is 0.264. The van der Waals surface area contributed by atoms with Crippen molar-refractivity contribution in [1.82, 2.24) is 0 Å². The third-order valence-electron chi connectivity index (χ3n) is 4.11. The molecule has 0 aliphatic heterocycles. The van der Waals surface area contributed by atoms with Crippen LogP contribution in [-0.2, 0) is 19.1 Å². The monoisotopic (exact) mass is 452 g/mol. The van der Waals surface area contributed by atoms with Crippen LogP contribution in [0, 0.1) is 0 Å². The van der Waals surface area contributed by atoms with E-state index in [9.17, 15) is 8.42 Å². The lowest BCUT2D eigenvalue weighted by molar-refractivity contribution is 0.536. The van der Waals surface area contributed by atoms with Crippen molar-refractivity contribution in [1.29, 1.82) is 0 Å². The molecule has 1 aromatic carbocycles. The second kappa shape index (κ2) is 12.3. The molecule has 0 spiro atoms. The molecule has 0 saturated heterocycles. The molecule has 0 saturated carbocycles. The first-order valence-electron chi connectivity index (χ1n) is 8.74. The lowest BCUT2D eigenvalue weighted by atomic mass is 10.0. The van der Waals surface area contributed by atoms with Crippen LogP contribution in [0.1, 0.15) is 76.7 Å². The summed E-state index contributed by atoms with van der Waals surface area (Å²) in [7, 11) is -3.57. The smallest absolute Gasteiger partial charge is 0.195 e. The van der Waals surface area contributed by atoms with Gasteiger partial charge in [-0.05, 0) is 30.5 Å². The van der Waals surface area contributed by atoms with Crippen LogP contribution in [0.5, 0.6) is 0 Å². The van der Waals surface area contributed by atoms with E-state index in [2.05, 4.69) is 9.44 Å². The van der Waals surface area contributed by atoms with E-state index in [0.29, 0.717) is 0 Å². The van der Waals surface area contributed by atoms with E-state index in [1.165, 1.54) is 92.8 Å². The van der Waals surface area contributed by atoms with Crippen molar-refractivity contribution in [3.05, 3.63) is 29.8 Å². The topological polar surface area (TPSA) is 43.4 Å². The number of aryl methyl sites for hydroxylation is 1. The van der Waals surface area contributed by atoms with Gasteiger partial charge in [-0.1, -0.05) is 76.8 Å². The Morgan fingerprint density at radius 2 is 1.30 bits per heavy atom. The van der Waals surface area contributed by atoms with Crippen LogP contribution in [0.25, 0.3) is 0 Å². The first-order chi connectivity index (χ1) is 11.1. The maximum Gasteiger partial charge on any atom is 0.306 e. The zero-order valence-corrected chi connectivity index (χ0v) is 17.1. The predicted octanol–water partition coefficient (Wildman–Crippen LogP) is 6.21. The molecule has 1 rings (SSSR count). The molecule has 132 valence electrons. The van der Waals surface area contributed by atoms with E-state index < -0.39 is 10.1 Å². The van der Waals surface area contributed by atoms with Gasteiger partial charge < -0.3 is 0 Å². The van der Waals surface area contributed by atoms with Crippen LogP contribution < -0.4 is 0 Å². The summed E-state index contributed by atoms with van der Waals surface area (Å²) >= 11 is 1.40. The Balaban J connectivity index is 2.10. The summed E-state index contributed by atoms with van der Waals surface area (Å²) in [4.78, 5) is 0.221.